The number of hydrogen-bond acceptors (Lipinski definition) is 1. The Balaban J connectivity index is 1.06. The first-order chi connectivity index (χ1) is 33.7. The molecule has 68 heavy (non-hydrogen) atoms. The summed E-state index contributed by atoms with van der Waals surface area (Å²) in [5, 5.41) is 0. The third-order valence-electron chi connectivity index (χ3n) is 14.3. The molecule has 318 valence electrons. The maximum absolute atomic E-state index is 2.51. The van der Waals surface area contributed by atoms with Crippen molar-refractivity contribution in [1.29, 1.82) is 0 Å². The topological polar surface area (TPSA) is 3.24 Å². The molecular weight excluding hydrogens is 819 g/mol. The monoisotopic (exact) mass is 863 g/mol. The molecule has 0 unspecified atom stereocenters. The first-order valence-electron chi connectivity index (χ1n) is 23.6. The molecule has 1 spiro atoms. The molecular formula is C67H45N. The molecule has 0 aromatic heterocycles. The fourth-order valence-electron chi connectivity index (χ4n) is 11.2. The normalized spacial score (nSPS) is 12.5. The maximum atomic E-state index is 2.51. The van der Waals surface area contributed by atoms with Crippen LogP contribution in [0.25, 0.3) is 77.9 Å². The van der Waals surface area contributed by atoms with Gasteiger partial charge in [-0.1, -0.05) is 218 Å². The molecule has 0 saturated heterocycles. The molecule has 1 heteroatoms. The first kappa shape index (κ1) is 39.6. The second-order valence-electron chi connectivity index (χ2n) is 18.0. The van der Waals surface area contributed by atoms with Crippen LogP contribution in [0.3, 0.4) is 0 Å². The lowest BCUT2D eigenvalue weighted by Gasteiger charge is -2.33. The smallest absolute Gasteiger partial charge is 0.0726 e. The summed E-state index contributed by atoms with van der Waals surface area (Å²) in [7, 11) is 0. The minimum atomic E-state index is -0.570. The van der Waals surface area contributed by atoms with Gasteiger partial charge in [0.1, 0.15) is 0 Å². The van der Waals surface area contributed by atoms with Gasteiger partial charge >= 0.3 is 0 Å². The highest BCUT2D eigenvalue weighted by Crippen LogP contribution is 2.64. The molecule has 2 aliphatic carbocycles. The Labute approximate surface area is 398 Å². The van der Waals surface area contributed by atoms with E-state index in [1.165, 1.54) is 100 Å². The predicted octanol–water partition coefficient (Wildman–Crippen LogP) is 17.8. The Bertz CT molecular complexity index is 3560. The lowest BCUT2D eigenvalue weighted by Crippen LogP contribution is -2.26. The van der Waals surface area contributed by atoms with E-state index >= 15 is 0 Å². The lowest BCUT2D eigenvalue weighted by molar-refractivity contribution is 0.794. The van der Waals surface area contributed by atoms with Gasteiger partial charge in [0, 0.05) is 16.9 Å². The highest BCUT2D eigenvalue weighted by Gasteiger charge is 2.52. The van der Waals surface area contributed by atoms with Crippen LogP contribution in [0.5, 0.6) is 0 Å². The van der Waals surface area contributed by atoms with Crippen LogP contribution in [0.2, 0.25) is 0 Å². The van der Waals surface area contributed by atoms with E-state index in [-0.39, 0.29) is 0 Å². The number of benzene rings is 11. The first-order valence-corrected chi connectivity index (χ1v) is 23.6. The van der Waals surface area contributed by atoms with Gasteiger partial charge in [0.25, 0.3) is 0 Å². The van der Waals surface area contributed by atoms with Crippen molar-refractivity contribution in [3.63, 3.8) is 0 Å². The van der Waals surface area contributed by atoms with Crippen molar-refractivity contribution < 1.29 is 0 Å². The summed E-state index contributed by atoms with van der Waals surface area (Å²) in [6.07, 6.45) is 0. The third-order valence-corrected chi connectivity index (χ3v) is 14.3. The van der Waals surface area contributed by atoms with Crippen LogP contribution in [0.4, 0.5) is 17.1 Å². The molecule has 0 fully saturated rings. The number of rotatable bonds is 8. The minimum absolute atomic E-state index is 0.570. The molecule has 11 aromatic carbocycles. The number of para-hydroxylation sites is 1. The number of nitrogens with zero attached hydrogens (tertiary/aromatic N) is 1. The largest absolute Gasteiger partial charge is 0.310 e. The lowest BCUT2D eigenvalue weighted by atomic mass is 9.70. The summed E-state index contributed by atoms with van der Waals surface area (Å²) >= 11 is 0. The quantitative estimate of drug-likeness (QED) is 0.147. The minimum Gasteiger partial charge on any atom is -0.310 e. The van der Waals surface area contributed by atoms with Gasteiger partial charge in [0.05, 0.1) is 11.1 Å². The summed E-state index contributed by atoms with van der Waals surface area (Å²) in [6.45, 7) is 0. The highest BCUT2D eigenvalue weighted by molar-refractivity contribution is 5.98. The highest BCUT2D eigenvalue weighted by atomic mass is 15.1. The van der Waals surface area contributed by atoms with E-state index in [0.717, 1.165) is 17.1 Å². The molecule has 11 aromatic rings. The second kappa shape index (κ2) is 16.3. The maximum Gasteiger partial charge on any atom is 0.0726 e. The zero-order chi connectivity index (χ0) is 45.0. The third kappa shape index (κ3) is 6.39. The van der Waals surface area contributed by atoms with Gasteiger partial charge in [0.15, 0.2) is 0 Å². The Morgan fingerprint density at radius 3 is 1.19 bits per heavy atom. The second-order valence-corrected chi connectivity index (χ2v) is 18.0. The zero-order valence-corrected chi connectivity index (χ0v) is 37.4. The molecule has 0 amide bonds. The van der Waals surface area contributed by atoms with Crippen LogP contribution in [0.1, 0.15) is 22.3 Å². The Hall–Kier alpha value is -8.78. The summed E-state index contributed by atoms with van der Waals surface area (Å²) in [4.78, 5) is 2.48. The predicted molar refractivity (Wildman–Crippen MR) is 285 cm³/mol. The van der Waals surface area contributed by atoms with Crippen molar-refractivity contribution in [1.82, 2.24) is 0 Å². The summed E-state index contributed by atoms with van der Waals surface area (Å²) in [5.74, 6) is 0. The number of hydrogen-bond donors (Lipinski definition) is 0. The van der Waals surface area contributed by atoms with Gasteiger partial charge in [-0.3, -0.25) is 0 Å². The molecule has 0 radical (unpaired) electrons. The van der Waals surface area contributed by atoms with Crippen molar-refractivity contribution in [2.24, 2.45) is 0 Å². The fourth-order valence-corrected chi connectivity index (χ4v) is 11.2. The van der Waals surface area contributed by atoms with E-state index in [2.05, 4.69) is 278 Å². The van der Waals surface area contributed by atoms with Crippen molar-refractivity contribution >= 4 is 17.1 Å². The van der Waals surface area contributed by atoms with Gasteiger partial charge in [-0.2, -0.15) is 0 Å². The summed E-state index contributed by atoms with van der Waals surface area (Å²) in [6, 6.07) is 101. The van der Waals surface area contributed by atoms with E-state index in [1.807, 2.05) is 0 Å². The van der Waals surface area contributed by atoms with Crippen LogP contribution in [0, 0.1) is 0 Å². The Morgan fingerprint density at radius 1 is 0.206 bits per heavy atom. The Kier molecular flexibility index (Phi) is 9.47. The van der Waals surface area contributed by atoms with Crippen LogP contribution < -0.4 is 4.90 Å². The molecule has 0 saturated carbocycles. The van der Waals surface area contributed by atoms with Crippen molar-refractivity contribution in [3.05, 3.63) is 295 Å². The molecule has 0 bridgehead atoms. The number of anilines is 3. The fraction of sp³-hybridized carbons (Fsp3) is 0.0149. The van der Waals surface area contributed by atoms with Gasteiger partial charge in [-0.15, -0.1) is 0 Å². The average molecular weight is 864 g/mol. The summed E-state index contributed by atoms with van der Waals surface area (Å²) < 4.78 is 0. The van der Waals surface area contributed by atoms with Gasteiger partial charge < -0.3 is 4.90 Å². The molecule has 0 aliphatic heterocycles. The molecule has 2 aliphatic rings. The van der Waals surface area contributed by atoms with Gasteiger partial charge in [-0.05, 0) is 149 Å². The summed E-state index contributed by atoms with van der Waals surface area (Å²) in [5.41, 5.74) is 25.0. The zero-order valence-electron chi connectivity index (χ0n) is 37.4. The van der Waals surface area contributed by atoms with Gasteiger partial charge in [-0.25, -0.2) is 0 Å². The number of fused-ring (bicyclic) bond motifs is 10. The van der Waals surface area contributed by atoms with Gasteiger partial charge in [0.2, 0.25) is 0 Å². The molecule has 0 N–H and O–H groups in total. The average Bonchev–Trinajstić information content (AvgIpc) is 3.89. The van der Waals surface area contributed by atoms with Crippen LogP contribution in [-0.4, -0.2) is 0 Å². The van der Waals surface area contributed by atoms with Crippen LogP contribution in [0.15, 0.2) is 273 Å². The SMILES string of the molecule is c1ccc(-c2cc(-c3ccccc3)cc(-c3ccc4c(c3)C3(c5ccccc5-c5ccccc53)c3cc(N(c5cccc(-c6ccccc6)c5)c5ccccc5-c5ccccc5)ccc3-4)c2)cc1. The van der Waals surface area contributed by atoms with E-state index in [4.69, 9.17) is 0 Å². The van der Waals surface area contributed by atoms with Crippen molar-refractivity contribution in [3.8, 4) is 77.9 Å². The molecule has 13 rings (SSSR count). The molecule has 1 nitrogen and oxygen atoms in total. The standard InChI is InChI=1S/C67H45N/c1-5-20-46(21-6-1)50-28-19-29-55(43-50)68(66-35-18-15-30-57(66)49-26-11-4-12-27-49)56-37-39-61-60-38-36-51(54-41-52(47-22-7-2-8-23-47)40-53(42-54)48-24-9-3-10-25-48)44-64(60)67(65(61)45-56)62-33-16-13-31-58(62)59-32-14-17-34-63(59)67/h1-45H. The molecule has 0 heterocycles. The Morgan fingerprint density at radius 2 is 0.603 bits per heavy atom. The van der Waals surface area contributed by atoms with E-state index in [1.54, 1.807) is 0 Å². The van der Waals surface area contributed by atoms with E-state index < -0.39 is 5.41 Å². The van der Waals surface area contributed by atoms with Crippen LogP contribution >= 0.6 is 0 Å². The van der Waals surface area contributed by atoms with E-state index in [0.29, 0.717) is 0 Å². The van der Waals surface area contributed by atoms with Crippen molar-refractivity contribution in [2.45, 2.75) is 5.41 Å². The van der Waals surface area contributed by atoms with E-state index in [9.17, 15) is 0 Å². The molecule has 0 atom stereocenters. The van der Waals surface area contributed by atoms with Crippen molar-refractivity contribution in [2.75, 3.05) is 4.90 Å². The van der Waals surface area contributed by atoms with Crippen LogP contribution in [-0.2, 0) is 5.41 Å².